The van der Waals surface area contributed by atoms with Crippen LogP contribution < -0.4 is 0 Å². The van der Waals surface area contributed by atoms with E-state index in [4.69, 9.17) is 5.11 Å². The third-order valence-corrected chi connectivity index (χ3v) is 4.56. The van der Waals surface area contributed by atoms with Gasteiger partial charge in [-0.05, 0) is 24.6 Å². The molecule has 0 saturated carbocycles. The summed E-state index contributed by atoms with van der Waals surface area (Å²) in [4.78, 5) is -0.129. The summed E-state index contributed by atoms with van der Waals surface area (Å²) in [5.74, 6) is -0.646. The second kappa shape index (κ2) is 5.60. The molecule has 0 fully saturated rings. The van der Waals surface area contributed by atoms with E-state index >= 15 is 0 Å². The van der Waals surface area contributed by atoms with Gasteiger partial charge in [-0.2, -0.15) is 4.31 Å². The molecular weight excluding hydrogens is 257 g/mol. The van der Waals surface area contributed by atoms with Crippen molar-refractivity contribution in [1.82, 2.24) is 4.31 Å². The second-order valence-corrected chi connectivity index (χ2v) is 5.95. The maximum Gasteiger partial charge on any atom is 0.243 e. The minimum atomic E-state index is -3.78. The first kappa shape index (κ1) is 14.8. The summed E-state index contributed by atoms with van der Waals surface area (Å²) in [5, 5.41) is 8.99. The molecule has 0 aliphatic rings. The quantitative estimate of drug-likeness (QED) is 0.826. The number of aliphatic hydroxyl groups is 1. The van der Waals surface area contributed by atoms with Gasteiger partial charge < -0.3 is 5.11 Å². The standard InChI is InChI=1S/C12H16FNO3S/c1-4-5-14(3)18(16,17)12-7-10(8-15)6-11(13)9(12)2/h4,6-7,15H,1,5,8H2,2-3H3. The maximum atomic E-state index is 13.6. The largest absolute Gasteiger partial charge is 0.392 e. The second-order valence-electron chi connectivity index (χ2n) is 3.93. The van der Waals surface area contributed by atoms with Gasteiger partial charge in [0, 0.05) is 19.2 Å². The lowest BCUT2D eigenvalue weighted by molar-refractivity contribution is 0.281. The Bertz CT molecular complexity index is 555. The molecule has 0 bridgehead atoms. The summed E-state index contributed by atoms with van der Waals surface area (Å²) in [5.41, 5.74) is 0.270. The van der Waals surface area contributed by atoms with Crippen molar-refractivity contribution in [2.75, 3.05) is 13.6 Å². The van der Waals surface area contributed by atoms with Crippen LogP contribution in [0.5, 0.6) is 0 Å². The van der Waals surface area contributed by atoms with Crippen LogP contribution in [0.25, 0.3) is 0 Å². The number of aliphatic hydroxyl groups excluding tert-OH is 1. The molecule has 1 N–H and O–H groups in total. The van der Waals surface area contributed by atoms with Crippen LogP contribution in [0, 0.1) is 12.7 Å². The molecule has 0 atom stereocenters. The lowest BCUT2D eigenvalue weighted by Gasteiger charge is -2.17. The van der Waals surface area contributed by atoms with E-state index in [1.54, 1.807) is 0 Å². The van der Waals surface area contributed by atoms with E-state index < -0.39 is 22.4 Å². The highest BCUT2D eigenvalue weighted by Crippen LogP contribution is 2.23. The van der Waals surface area contributed by atoms with Crippen molar-refractivity contribution in [3.05, 3.63) is 41.7 Å². The topological polar surface area (TPSA) is 57.6 Å². The van der Waals surface area contributed by atoms with Gasteiger partial charge in [0.05, 0.1) is 11.5 Å². The van der Waals surface area contributed by atoms with Gasteiger partial charge >= 0.3 is 0 Å². The Morgan fingerprint density at radius 3 is 2.61 bits per heavy atom. The van der Waals surface area contributed by atoms with Gasteiger partial charge in [-0.25, -0.2) is 12.8 Å². The summed E-state index contributed by atoms with van der Waals surface area (Å²) in [7, 11) is -2.39. The minimum absolute atomic E-state index is 0.0445. The summed E-state index contributed by atoms with van der Waals surface area (Å²) < 4.78 is 39.1. The molecule has 0 saturated heterocycles. The third kappa shape index (κ3) is 2.77. The van der Waals surface area contributed by atoms with Crippen LogP contribution in [0.1, 0.15) is 11.1 Å². The minimum Gasteiger partial charge on any atom is -0.392 e. The summed E-state index contributed by atoms with van der Waals surface area (Å²) in [6.45, 7) is 4.58. The predicted octanol–water partition coefficient (Wildman–Crippen LogP) is 1.43. The molecule has 100 valence electrons. The average molecular weight is 273 g/mol. The molecule has 0 aromatic heterocycles. The normalized spacial score (nSPS) is 11.8. The van der Waals surface area contributed by atoms with Crippen LogP contribution in [0.3, 0.4) is 0 Å². The van der Waals surface area contributed by atoms with Crippen molar-refractivity contribution >= 4 is 10.0 Å². The Labute approximate surface area is 106 Å². The molecule has 4 nitrogen and oxygen atoms in total. The van der Waals surface area contributed by atoms with Crippen molar-refractivity contribution in [2.45, 2.75) is 18.4 Å². The molecule has 0 unspecified atom stereocenters. The van der Waals surface area contributed by atoms with Gasteiger partial charge in [-0.1, -0.05) is 6.08 Å². The number of nitrogens with zero attached hydrogens (tertiary/aromatic N) is 1. The fraction of sp³-hybridized carbons (Fsp3) is 0.333. The van der Waals surface area contributed by atoms with E-state index in [-0.39, 0.29) is 22.6 Å². The molecule has 1 aromatic carbocycles. The summed E-state index contributed by atoms with van der Waals surface area (Å²) >= 11 is 0. The first-order valence-electron chi connectivity index (χ1n) is 5.31. The Morgan fingerprint density at radius 2 is 2.11 bits per heavy atom. The molecular formula is C12H16FNO3S. The van der Waals surface area contributed by atoms with Crippen LogP contribution >= 0.6 is 0 Å². The van der Waals surface area contributed by atoms with Gasteiger partial charge in [0.2, 0.25) is 10.0 Å². The van der Waals surface area contributed by atoms with Crippen LogP contribution in [0.4, 0.5) is 4.39 Å². The monoisotopic (exact) mass is 273 g/mol. The molecule has 0 aliphatic heterocycles. The van der Waals surface area contributed by atoms with E-state index in [1.807, 2.05) is 0 Å². The SMILES string of the molecule is C=CCN(C)S(=O)(=O)c1cc(CO)cc(F)c1C. The summed E-state index contributed by atoms with van der Waals surface area (Å²) in [6.07, 6.45) is 1.44. The zero-order valence-electron chi connectivity index (χ0n) is 10.4. The van der Waals surface area contributed by atoms with Gasteiger partial charge in [-0.3, -0.25) is 0 Å². The number of likely N-dealkylation sites (N-methyl/N-ethyl adjacent to an activating group) is 1. The number of hydrogen-bond acceptors (Lipinski definition) is 3. The lowest BCUT2D eigenvalue weighted by atomic mass is 10.1. The number of halogens is 1. The maximum absolute atomic E-state index is 13.6. The smallest absolute Gasteiger partial charge is 0.243 e. The first-order chi connectivity index (χ1) is 8.34. The van der Waals surface area contributed by atoms with Crippen LogP contribution in [-0.4, -0.2) is 31.4 Å². The molecule has 1 rings (SSSR count). The van der Waals surface area contributed by atoms with Crippen molar-refractivity contribution in [3.8, 4) is 0 Å². The summed E-state index contributed by atoms with van der Waals surface area (Å²) in [6, 6.07) is 2.41. The molecule has 0 amide bonds. The number of benzene rings is 1. The molecule has 6 heteroatoms. The Balaban J connectivity index is 3.40. The van der Waals surface area contributed by atoms with Crippen LogP contribution in [0.2, 0.25) is 0 Å². The average Bonchev–Trinajstić information content (AvgIpc) is 2.32. The number of hydrogen-bond donors (Lipinski definition) is 1. The van der Waals surface area contributed by atoms with E-state index in [1.165, 1.54) is 26.1 Å². The third-order valence-electron chi connectivity index (χ3n) is 2.61. The molecule has 0 spiro atoms. The Kier molecular flexibility index (Phi) is 4.61. The fourth-order valence-corrected chi connectivity index (χ4v) is 2.94. The van der Waals surface area contributed by atoms with Crippen LogP contribution in [0.15, 0.2) is 29.7 Å². The molecule has 0 heterocycles. The molecule has 0 aliphatic carbocycles. The highest BCUT2D eigenvalue weighted by Gasteiger charge is 2.24. The zero-order valence-corrected chi connectivity index (χ0v) is 11.2. The number of sulfonamides is 1. The van der Waals surface area contributed by atoms with Crippen molar-refractivity contribution in [3.63, 3.8) is 0 Å². The van der Waals surface area contributed by atoms with Crippen LogP contribution in [-0.2, 0) is 16.6 Å². The van der Waals surface area contributed by atoms with Gasteiger partial charge in [0.1, 0.15) is 5.82 Å². The Hall–Kier alpha value is -1.24. The fourth-order valence-electron chi connectivity index (χ4n) is 1.51. The van der Waals surface area contributed by atoms with Gasteiger partial charge in [0.25, 0.3) is 0 Å². The zero-order chi connectivity index (χ0) is 13.9. The molecule has 18 heavy (non-hydrogen) atoms. The first-order valence-corrected chi connectivity index (χ1v) is 6.75. The number of rotatable bonds is 5. The lowest BCUT2D eigenvalue weighted by Crippen LogP contribution is -2.28. The van der Waals surface area contributed by atoms with Gasteiger partial charge in [-0.15, -0.1) is 6.58 Å². The van der Waals surface area contributed by atoms with Crippen molar-refractivity contribution < 1.29 is 17.9 Å². The van der Waals surface area contributed by atoms with Crippen molar-refractivity contribution in [2.24, 2.45) is 0 Å². The van der Waals surface area contributed by atoms with E-state index in [0.29, 0.717) is 0 Å². The molecule has 0 radical (unpaired) electrons. The molecule has 1 aromatic rings. The van der Waals surface area contributed by atoms with E-state index in [2.05, 4.69) is 6.58 Å². The van der Waals surface area contributed by atoms with E-state index in [0.717, 1.165) is 10.4 Å². The predicted molar refractivity (Wildman–Crippen MR) is 67.1 cm³/mol. The van der Waals surface area contributed by atoms with Gasteiger partial charge in [0.15, 0.2) is 0 Å². The highest BCUT2D eigenvalue weighted by atomic mass is 32.2. The van der Waals surface area contributed by atoms with Crippen molar-refractivity contribution in [1.29, 1.82) is 0 Å². The van der Waals surface area contributed by atoms with E-state index in [9.17, 15) is 12.8 Å². The highest BCUT2D eigenvalue weighted by molar-refractivity contribution is 7.89. The Morgan fingerprint density at radius 1 is 1.50 bits per heavy atom.